The Balaban J connectivity index is 0.00000163. The monoisotopic (exact) mass is 336 g/mol. The quantitative estimate of drug-likeness (QED) is 0.218. The first-order valence-electron chi connectivity index (χ1n) is 10.0. The summed E-state index contributed by atoms with van der Waals surface area (Å²) in [5.74, 6) is 2.03. The van der Waals surface area contributed by atoms with Crippen LogP contribution in [0.1, 0.15) is 90.4 Å². The Morgan fingerprint density at radius 3 is 2.08 bits per heavy atom. The molecule has 0 aromatic carbocycles. The van der Waals surface area contributed by atoms with Crippen LogP contribution in [-0.2, 0) is 0 Å². The number of unbranched alkanes of at least 4 members (excludes halogenated alkanes) is 6. The van der Waals surface area contributed by atoms with Gasteiger partial charge in [-0.25, -0.2) is 0 Å². The lowest BCUT2D eigenvalue weighted by molar-refractivity contribution is 0.327. The molecule has 1 rings (SSSR count). The molecular weight excluding hydrogens is 296 g/mol. The van der Waals surface area contributed by atoms with Crippen molar-refractivity contribution in [1.82, 2.24) is 0 Å². The van der Waals surface area contributed by atoms with Gasteiger partial charge in [0.05, 0.1) is 12.5 Å². The molecule has 2 heteroatoms. The van der Waals surface area contributed by atoms with Gasteiger partial charge in [-0.2, -0.15) is 0 Å². The Morgan fingerprint density at radius 2 is 1.46 bits per heavy atom. The van der Waals surface area contributed by atoms with Crippen LogP contribution in [0.3, 0.4) is 0 Å². The minimum absolute atomic E-state index is 0.750. The predicted molar refractivity (Wildman–Crippen MR) is 106 cm³/mol. The lowest BCUT2D eigenvalue weighted by atomic mass is 9.87. The van der Waals surface area contributed by atoms with Crippen molar-refractivity contribution in [2.45, 2.75) is 90.4 Å². The van der Waals surface area contributed by atoms with Crippen LogP contribution < -0.4 is 0 Å². The number of hydrogen-bond acceptors (Lipinski definition) is 2. The highest BCUT2D eigenvalue weighted by Gasteiger charge is 2.25. The van der Waals surface area contributed by atoms with E-state index in [9.17, 15) is 0 Å². The van der Waals surface area contributed by atoms with Gasteiger partial charge in [-0.15, -0.1) is 0 Å². The normalized spacial score (nSPS) is 20.4. The van der Waals surface area contributed by atoms with Gasteiger partial charge in [-0.05, 0) is 37.2 Å². The van der Waals surface area contributed by atoms with E-state index < -0.39 is 0 Å². The SMILES string of the molecule is C=CO.CCCCCCCC[C@H]1CCC[C@@H]1CCCC=CC=CO. The molecule has 24 heavy (non-hydrogen) atoms. The average Bonchev–Trinajstić information content (AvgIpc) is 3.02. The third kappa shape index (κ3) is 13.3. The van der Waals surface area contributed by atoms with Crippen LogP contribution in [0.15, 0.2) is 37.3 Å². The molecule has 2 nitrogen and oxygen atoms in total. The van der Waals surface area contributed by atoms with E-state index >= 15 is 0 Å². The fourth-order valence-corrected chi connectivity index (χ4v) is 3.78. The van der Waals surface area contributed by atoms with Crippen LogP contribution in [0, 0.1) is 11.8 Å². The Morgan fingerprint density at radius 1 is 0.875 bits per heavy atom. The highest BCUT2D eigenvalue weighted by atomic mass is 16.2. The summed E-state index contributed by atoms with van der Waals surface area (Å²) in [5, 5.41) is 15.9. The van der Waals surface area contributed by atoms with Gasteiger partial charge in [0.25, 0.3) is 0 Å². The first-order chi connectivity index (χ1) is 11.8. The topological polar surface area (TPSA) is 40.5 Å². The van der Waals surface area contributed by atoms with Crippen LogP contribution in [0.4, 0.5) is 0 Å². The Kier molecular flexibility index (Phi) is 17.3. The van der Waals surface area contributed by atoms with Crippen LogP contribution in [0.25, 0.3) is 0 Å². The third-order valence-electron chi connectivity index (χ3n) is 5.02. The molecule has 1 aliphatic carbocycles. The van der Waals surface area contributed by atoms with E-state index in [4.69, 9.17) is 10.2 Å². The van der Waals surface area contributed by atoms with Crippen molar-refractivity contribution < 1.29 is 10.2 Å². The molecule has 0 aliphatic heterocycles. The van der Waals surface area contributed by atoms with Gasteiger partial charge in [-0.1, -0.05) is 89.9 Å². The molecule has 2 N–H and O–H groups in total. The first kappa shape index (κ1) is 22.8. The zero-order valence-corrected chi connectivity index (χ0v) is 15.8. The molecule has 0 bridgehead atoms. The van der Waals surface area contributed by atoms with Crippen LogP contribution in [0.5, 0.6) is 0 Å². The highest BCUT2D eigenvalue weighted by Crippen LogP contribution is 2.38. The van der Waals surface area contributed by atoms with Crippen molar-refractivity contribution in [2.75, 3.05) is 0 Å². The zero-order valence-electron chi connectivity index (χ0n) is 15.8. The van der Waals surface area contributed by atoms with Gasteiger partial charge in [0, 0.05) is 0 Å². The third-order valence-corrected chi connectivity index (χ3v) is 5.02. The molecule has 0 aromatic heterocycles. The summed E-state index contributed by atoms with van der Waals surface area (Å²) in [7, 11) is 0. The molecule has 0 amide bonds. The van der Waals surface area contributed by atoms with E-state index in [0.717, 1.165) is 30.8 Å². The van der Waals surface area contributed by atoms with Gasteiger partial charge < -0.3 is 10.2 Å². The maximum Gasteiger partial charge on any atom is 0.0791 e. The van der Waals surface area contributed by atoms with Crippen molar-refractivity contribution in [3.05, 3.63) is 37.3 Å². The fourth-order valence-electron chi connectivity index (χ4n) is 3.78. The molecule has 0 saturated heterocycles. The maximum absolute atomic E-state index is 8.55. The molecule has 0 radical (unpaired) electrons. The summed E-state index contributed by atoms with van der Waals surface area (Å²) in [6.07, 6.45) is 26.1. The molecule has 0 unspecified atom stereocenters. The second-order valence-corrected chi connectivity index (χ2v) is 6.89. The number of rotatable bonds is 12. The maximum atomic E-state index is 8.55. The first-order valence-corrected chi connectivity index (χ1v) is 10.0. The summed E-state index contributed by atoms with van der Waals surface area (Å²) in [6, 6.07) is 0. The molecule has 0 heterocycles. The Labute approximate surface area is 150 Å². The lowest BCUT2D eigenvalue weighted by Crippen LogP contribution is -2.07. The van der Waals surface area contributed by atoms with Crippen molar-refractivity contribution in [3.63, 3.8) is 0 Å². The largest absolute Gasteiger partial charge is 0.516 e. The van der Waals surface area contributed by atoms with E-state index in [-0.39, 0.29) is 0 Å². The van der Waals surface area contributed by atoms with E-state index in [1.165, 1.54) is 77.0 Å². The summed E-state index contributed by atoms with van der Waals surface area (Å²) in [4.78, 5) is 0. The van der Waals surface area contributed by atoms with Crippen molar-refractivity contribution in [1.29, 1.82) is 0 Å². The molecule has 0 spiro atoms. The molecule has 2 atom stereocenters. The molecule has 1 saturated carbocycles. The highest BCUT2D eigenvalue weighted by molar-refractivity contribution is 4.98. The van der Waals surface area contributed by atoms with Crippen molar-refractivity contribution in [2.24, 2.45) is 11.8 Å². The Hall–Kier alpha value is -1.18. The van der Waals surface area contributed by atoms with Gasteiger partial charge >= 0.3 is 0 Å². The van der Waals surface area contributed by atoms with Crippen molar-refractivity contribution >= 4 is 0 Å². The number of hydrogen-bond donors (Lipinski definition) is 2. The van der Waals surface area contributed by atoms with Gasteiger partial charge in [0.2, 0.25) is 0 Å². The smallest absolute Gasteiger partial charge is 0.0791 e. The molecule has 0 aromatic rings. The molecule has 1 fully saturated rings. The Bertz CT molecular complexity index is 320. The van der Waals surface area contributed by atoms with Gasteiger partial charge in [-0.3, -0.25) is 0 Å². The standard InChI is InChI=1S/C20H36O.C2H4O/c1-2-3-4-5-7-10-14-19-16-13-17-20(19)15-11-8-6-9-12-18-21;1-2-3/h6,9,12,18-21H,2-5,7-8,10-11,13-17H2,1H3;2-3H,1H2/t19-,20-;/m0./s1. The summed E-state index contributed by atoms with van der Waals surface area (Å²) in [5.41, 5.74) is 0. The molecule has 1 aliphatic rings. The molecular formula is C22H40O2. The number of aliphatic hydroxyl groups is 2. The van der Waals surface area contributed by atoms with Gasteiger partial charge in [0.1, 0.15) is 0 Å². The average molecular weight is 337 g/mol. The van der Waals surface area contributed by atoms with Crippen LogP contribution in [-0.4, -0.2) is 10.2 Å². The van der Waals surface area contributed by atoms with Gasteiger partial charge in [0.15, 0.2) is 0 Å². The van der Waals surface area contributed by atoms with E-state index in [0.29, 0.717) is 0 Å². The zero-order chi connectivity index (χ0) is 17.9. The van der Waals surface area contributed by atoms with Crippen LogP contribution in [0.2, 0.25) is 0 Å². The number of aliphatic hydroxyl groups excluding tert-OH is 2. The van der Waals surface area contributed by atoms with Crippen LogP contribution >= 0.6 is 0 Å². The minimum Gasteiger partial charge on any atom is -0.516 e. The van der Waals surface area contributed by atoms with E-state index in [1.54, 1.807) is 6.08 Å². The predicted octanol–water partition coefficient (Wildman–Crippen LogP) is 7.64. The fraction of sp³-hybridized carbons (Fsp3) is 0.727. The summed E-state index contributed by atoms with van der Waals surface area (Å²) < 4.78 is 0. The summed E-state index contributed by atoms with van der Waals surface area (Å²) in [6.45, 7) is 5.21. The summed E-state index contributed by atoms with van der Waals surface area (Å²) >= 11 is 0. The van der Waals surface area contributed by atoms with Crippen molar-refractivity contribution in [3.8, 4) is 0 Å². The second kappa shape index (κ2) is 18.2. The molecule has 140 valence electrons. The van der Waals surface area contributed by atoms with E-state index in [1.807, 2.05) is 6.08 Å². The van der Waals surface area contributed by atoms with E-state index in [2.05, 4.69) is 19.6 Å². The minimum atomic E-state index is 0.750. The number of allylic oxidation sites excluding steroid dienone is 3. The second-order valence-electron chi connectivity index (χ2n) is 6.89. The lowest BCUT2D eigenvalue weighted by Gasteiger charge is -2.19.